The van der Waals surface area contributed by atoms with Crippen molar-refractivity contribution in [3.8, 4) is 5.75 Å². The van der Waals surface area contributed by atoms with Crippen molar-refractivity contribution in [1.82, 2.24) is 0 Å². The summed E-state index contributed by atoms with van der Waals surface area (Å²) < 4.78 is 1.21. The van der Waals surface area contributed by atoms with Crippen LogP contribution in [0.1, 0.15) is 10.4 Å². The minimum atomic E-state index is 0.177. The van der Waals surface area contributed by atoms with Crippen molar-refractivity contribution >= 4 is 44.8 Å². The molecule has 1 rings (SSSR count). The van der Waals surface area contributed by atoms with Gasteiger partial charge in [-0.25, -0.2) is 0 Å². The van der Waals surface area contributed by atoms with Crippen LogP contribution in [0.25, 0.3) is 0 Å². The van der Waals surface area contributed by atoms with Crippen LogP contribution in [0.3, 0.4) is 0 Å². The fraction of sp³-hybridized carbons (Fsp3) is 0. The maximum Gasteiger partial charge on any atom is 0.150 e. The molecule has 1 N–H and O–H groups in total. The molecule has 0 aromatic heterocycles. The first-order chi connectivity index (χ1) is 5.15. The minimum Gasteiger partial charge on any atom is -0.506 e. The molecule has 11 heavy (non-hydrogen) atoms. The third kappa shape index (κ3) is 1.93. The predicted molar refractivity (Wildman–Crippen MR) is 53.9 cm³/mol. The molecule has 0 bridgehead atoms. The Balaban J connectivity index is 3.31. The van der Waals surface area contributed by atoms with Gasteiger partial charge >= 0.3 is 0 Å². The molecule has 0 unspecified atom stereocenters. The molecule has 58 valence electrons. The standard InChI is InChI=1S/C7H4BrIO2/c8-5-1-4(3-10)2-6(9)7(5)11/h1-3,11H. The third-order valence-electron chi connectivity index (χ3n) is 1.18. The second-order valence-corrected chi connectivity index (χ2v) is 3.97. The molecule has 1 aromatic rings. The van der Waals surface area contributed by atoms with Crippen molar-refractivity contribution in [3.05, 3.63) is 25.7 Å². The van der Waals surface area contributed by atoms with E-state index in [-0.39, 0.29) is 5.75 Å². The van der Waals surface area contributed by atoms with Crippen molar-refractivity contribution in [2.24, 2.45) is 0 Å². The van der Waals surface area contributed by atoms with E-state index in [0.29, 0.717) is 13.6 Å². The number of phenolic OH excluding ortho intramolecular Hbond substituents is 1. The molecule has 0 radical (unpaired) electrons. The Hall–Kier alpha value is -0.100. The molecule has 0 atom stereocenters. The summed E-state index contributed by atoms with van der Waals surface area (Å²) in [6.45, 7) is 0. The zero-order valence-electron chi connectivity index (χ0n) is 5.34. The van der Waals surface area contributed by atoms with Gasteiger partial charge in [0.1, 0.15) is 12.0 Å². The normalized spacial score (nSPS) is 9.64. The Bertz CT molecular complexity index is 275. The second-order valence-electron chi connectivity index (χ2n) is 1.95. The van der Waals surface area contributed by atoms with Crippen molar-refractivity contribution in [1.29, 1.82) is 0 Å². The molecule has 4 heteroatoms. The number of benzene rings is 1. The highest BCUT2D eigenvalue weighted by Gasteiger charge is 2.04. The van der Waals surface area contributed by atoms with Gasteiger partial charge in [0.15, 0.2) is 0 Å². The number of carbonyl (C=O) groups excluding carboxylic acids is 1. The number of aromatic hydroxyl groups is 1. The van der Waals surface area contributed by atoms with Crippen LogP contribution in [0.15, 0.2) is 16.6 Å². The van der Waals surface area contributed by atoms with Gasteiger partial charge in [0, 0.05) is 5.56 Å². The highest BCUT2D eigenvalue weighted by molar-refractivity contribution is 14.1. The molecule has 1 aromatic carbocycles. The Morgan fingerprint density at radius 3 is 2.64 bits per heavy atom. The topological polar surface area (TPSA) is 37.3 Å². The average Bonchev–Trinajstić information content (AvgIpc) is 1.99. The van der Waals surface area contributed by atoms with E-state index in [2.05, 4.69) is 15.9 Å². The second kappa shape index (κ2) is 3.53. The maximum atomic E-state index is 10.3. The van der Waals surface area contributed by atoms with Crippen LogP contribution in [0, 0.1) is 3.57 Å². The number of carbonyl (C=O) groups is 1. The van der Waals surface area contributed by atoms with Gasteiger partial charge in [-0.3, -0.25) is 4.79 Å². The van der Waals surface area contributed by atoms with Gasteiger partial charge in [0.05, 0.1) is 8.04 Å². The fourth-order valence-electron chi connectivity index (χ4n) is 0.653. The van der Waals surface area contributed by atoms with Crippen LogP contribution in [0.5, 0.6) is 5.75 Å². The summed E-state index contributed by atoms with van der Waals surface area (Å²) in [6.07, 6.45) is 0.742. The van der Waals surface area contributed by atoms with Gasteiger partial charge in [0.25, 0.3) is 0 Å². The van der Waals surface area contributed by atoms with Crippen molar-refractivity contribution in [2.75, 3.05) is 0 Å². The summed E-state index contributed by atoms with van der Waals surface area (Å²) in [6, 6.07) is 3.19. The molecule has 0 spiro atoms. The van der Waals surface area contributed by atoms with Gasteiger partial charge in [0.2, 0.25) is 0 Å². The number of hydrogen-bond donors (Lipinski definition) is 1. The van der Waals surface area contributed by atoms with E-state index in [9.17, 15) is 9.90 Å². The van der Waals surface area contributed by atoms with Crippen molar-refractivity contribution < 1.29 is 9.90 Å². The molecule has 0 aliphatic rings. The highest BCUT2D eigenvalue weighted by Crippen LogP contribution is 2.29. The lowest BCUT2D eigenvalue weighted by molar-refractivity contribution is 0.112. The summed E-state index contributed by atoms with van der Waals surface area (Å²) in [5, 5.41) is 9.26. The molecule has 2 nitrogen and oxygen atoms in total. The van der Waals surface area contributed by atoms with Crippen LogP contribution in [0.2, 0.25) is 0 Å². The molecule has 0 aliphatic heterocycles. The van der Waals surface area contributed by atoms with Gasteiger partial charge < -0.3 is 5.11 Å². The summed E-state index contributed by atoms with van der Waals surface area (Å²) in [7, 11) is 0. The Morgan fingerprint density at radius 1 is 1.55 bits per heavy atom. The first-order valence-corrected chi connectivity index (χ1v) is 4.65. The molecule has 0 fully saturated rings. The van der Waals surface area contributed by atoms with Gasteiger partial charge in [-0.1, -0.05) is 0 Å². The highest BCUT2D eigenvalue weighted by atomic mass is 127. The number of aldehydes is 1. The third-order valence-corrected chi connectivity index (χ3v) is 2.60. The quantitative estimate of drug-likeness (QED) is 0.636. The predicted octanol–water partition coefficient (Wildman–Crippen LogP) is 2.57. The van der Waals surface area contributed by atoms with E-state index in [1.165, 1.54) is 0 Å². The Labute approximate surface area is 85.9 Å². The van der Waals surface area contributed by atoms with Gasteiger partial charge in [-0.2, -0.15) is 0 Å². The van der Waals surface area contributed by atoms with Crippen LogP contribution >= 0.6 is 38.5 Å². The fourth-order valence-corrected chi connectivity index (χ4v) is 2.15. The van der Waals surface area contributed by atoms with E-state index in [1.807, 2.05) is 22.6 Å². The van der Waals surface area contributed by atoms with Crippen LogP contribution in [-0.2, 0) is 0 Å². The summed E-state index contributed by atoms with van der Waals surface area (Å²) >= 11 is 5.08. The zero-order valence-corrected chi connectivity index (χ0v) is 9.09. The van der Waals surface area contributed by atoms with E-state index < -0.39 is 0 Å². The first kappa shape index (κ1) is 8.99. The lowest BCUT2D eigenvalue weighted by Gasteiger charge is -1.99. The molecule has 0 heterocycles. The zero-order chi connectivity index (χ0) is 8.43. The van der Waals surface area contributed by atoms with E-state index in [4.69, 9.17) is 0 Å². The van der Waals surface area contributed by atoms with Crippen molar-refractivity contribution in [2.45, 2.75) is 0 Å². The molecule has 0 aliphatic carbocycles. The number of rotatable bonds is 1. The number of halogens is 2. The SMILES string of the molecule is O=Cc1cc(Br)c(O)c(I)c1. The largest absolute Gasteiger partial charge is 0.506 e. The molecule has 0 saturated carbocycles. The van der Waals surface area contributed by atoms with Crippen molar-refractivity contribution in [3.63, 3.8) is 0 Å². The van der Waals surface area contributed by atoms with Gasteiger partial charge in [-0.15, -0.1) is 0 Å². The average molecular weight is 327 g/mol. The molecular formula is C7H4BrIO2. The van der Waals surface area contributed by atoms with E-state index in [1.54, 1.807) is 12.1 Å². The molecule has 0 amide bonds. The maximum absolute atomic E-state index is 10.3. The minimum absolute atomic E-state index is 0.177. The monoisotopic (exact) mass is 326 g/mol. The summed E-state index contributed by atoms with van der Waals surface area (Å²) in [5.74, 6) is 0.177. The lowest BCUT2D eigenvalue weighted by Crippen LogP contribution is -1.83. The summed E-state index contributed by atoms with van der Waals surface area (Å²) in [4.78, 5) is 10.3. The van der Waals surface area contributed by atoms with E-state index in [0.717, 1.165) is 6.29 Å². The van der Waals surface area contributed by atoms with Crippen LogP contribution in [-0.4, -0.2) is 11.4 Å². The first-order valence-electron chi connectivity index (χ1n) is 2.78. The van der Waals surface area contributed by atoms with Crippen LogP contribution < -0.4 is 0 Å². The Kier molecular flexibility index (Phi) is 2.89. The lowest BCUT2D eigenvalue weighted by atomic mass is 10.2. The van der Waals surface area contributed by atoms with Crippen LogP contribution in [0.4, 0.5) is 0 Å². The number of phenols is 1. The van der Waals surface area contributed by atoms with E-state index >= 15 is 0 Å². The van der Waals surface area contributed by atoms with Gasteiger partial charge in [-0.05, 0) is 50.7 Å². The Morgan fingerprint density at radius 2 is 2.18 bits per heavy atom. The molecular weight excluding hydrogens is 323 g/mol. The summed E-state index contributed by atoms with van der Waals surface area (Å²) in [5.41, 5.74) is 0.555. The number of hydrogen-bond acceptors (Lipinski definition) is 2. The molecule has 0 saturated heterocycles. The smallest absolute Gasteiger partial charge is 0.150 e.